The van der Waals surface area contributed by atoms with Crippen LogP contribution in [0, 0.1) is 0 Å². The molecule has 0 aliphatic heterocycles. The van der Waals surface area contributed by atoms with Crippen LogP contribution in [0.2, 0.25) is 0 Å². The Morgan fingerprint density at radius 1 is 1.00 bits per heavy atom. The van der Waals surface area contributed by atoms with Crippen molar-refractivity contribution in [3.8, 4) is 0 Å². The van der Waals surface area contributed by atoms with Gasteiger partial charge in [-0.05, 0) is 0 Å². The summed E-state index contributed by atoms with van der Waals surface area (Å²) in [5.74, 6) is 0. The molecule has 0 aromatic heterocycles. The fraction of sp³-hybridized carbons (Fsp3) is 1.00. The van der Waals surface area contributed by atoms with Gasteiger partial charge in [0.1, 0.15) is 0 Å². The van der Waals surface area contributed by atoms with E-state index in [0.717, 1.165) is 22.9 Å². The zero-order valence-electron chi connectivity index (χ0n) is 5.63. The predicted octanol–water partition coefficient (Wildman–Crippen LogP) is 2.15. The average molecular weight is 301 g/mol. The van der Waals surface area contributed by atoms with Crippen molar-refractivity contribution in [3.63, 3.8) is 0 Å². The standard InChI is InChI=1S/C4H9O.3ClH.Sn/c1-4(2,3)5;;;;/h1-3H3;3*1H;/q-1;;;;+1. The molecule has 0 bridgehead atoms. The first-order valence-electron chi connectivity index (χ1n) is 1.91. The van der Waals surface area contributed by atoms with E-state index in [1.165, 1.54) is 0 Å². The van der Waals surface area contributed by atoms with Crippen LogP contribution >= 0.6 is 37.2 Å². The van der Waals surface area contributed by atoms with Crippen molar-refractivity contribution < 1.29 is 3.07 Å². The molecule has 5 heteroatoms. The summed E-state index contributed by atoms with van der Waals surface area (Å²) in [6, 6.07) is 0. The van der Waals surface area contributed by atoms with E-state index in [4.69, 9.17) is 3.07 Å². The summed E-state index contributed by atoms with van der Waals surface area (Å²) in [6.07, 6.45) is 0. The Kier molecular flexibility index (Phi) is 24.0. The molecule has 3 radical (unpaired) electrons. The van der Waals surface area contributed by atoms with E-state index in [0.29, 0.717) is 0 Å². The Hall–Kier alpha value is 1.63. The maximum Gasteiger partial charge on any atom is -0.147 e. The second kappa shape index (κ2) is 9.63. The van der Waals surface area contributed by atoms with E-state index in [-0.39, 0.29) is 42.8 Å². The number of hydrogen-bond donors (Lipinski definition) is 0. The monoisotopic (exact) mass is 301 g/mol. The van der Waals surface area contributed by atoms with Crippen molar-refractivity contribution >= 4 is 60.2 Å². The van der Waals surface area contributed by atoms with E-state index in [1.807, 2.05) is 20.8 Å². The molecule has 0 aromatic rings. The van der Waals surface area contributed by atoms with Crippen LogP contribution in [0.1, 0.15) is 20.8 Å². The van der Waals surface area contributed by atoms with Gasteiger partial charge in [0.25, 0.3) is 0 Å². The molecular formula is C4H12Cl3OSn. The van der Waals surface area contributed by atoms with Crippen molar-refractivity contribution in [1.82, 2.24) is 0 Å². The van der Waals surface area contributed by atoms with E-state index in [2.05, 4.69) is 0 Å². The third-order valence-corrected chi connectivity index (χ3v) is 2.05. The van der Waals surface area contributed by atoms with Crippen LogP contribution in [0.4, 0.5) is 0 Å². The second-order valence-electron chi connectivity index (χ2n) is 2.21. The summed E-state index contributed by atoms with van der Waals surface area (Å²) >= 11 is 1.15. The smallest absolute Gasteiger partial charge is 0.147 e. The van der Waals surface area contributed by atoms with Crippen molar-refractivity contribution in [1.29, 1.82) is 0 Å². The first-order chi connectivity index (χ1) is 2.56. The Bertz CT molecular complexity index is 45.6. The van der Waals surface area contributed by atoms with Gasteiger partial charge in [-0.15, -0.1) is 37.2 Å². The Balaban J connectivity index is -0.0000000417. The van der Waals surface area contributed by atoms with Gasteiger partial charge in [0.05, 0.1) is 0 Å². The fourth-order valence-electron chi connectivity index (χ4n) is 0. The topological polar surface area (TPSA) is 9.23 Å². The molecule has 0 aliphatic carbocycles. The van der Waals surface area contributed by atoms with Gasteiger partial charge in [-0.3, -0.25) is 0 Å². The van der Waals surface area contributed by atoms with Crippen LogP contribution in [0.3, 0.4) is 0 Å². The summed E-state index contributed by atoms with van der Waals surface area (Å²) in [6.45, 7) is 6.13. The number of halogens is 3. The summed E-state index contributed by atoms with van der Waals surface area (Å²) in [5.41, 5.74) is 0.0817. The predicted molar refractivity (Wildman–Crippen MR) is 48.3 cm³/mol. The Labute approximate surface area is 89.2 Å². The minimum atomic E-state index is 0. The van der Waals surface area contributed by atoms with Crippen LogP contribution < -0.4 is 0 Å². The van der Waals surface area contributed by atoms with Crippen LogP contribution in [-0.2, 0) is 3.07 Å². The zero-order chi connectivity index (χ0) is 5.21. The third-order valence-electron chi connectivity index (χ3n) is 0.306. The maximum absolute atomic E-state index is 5.03. The van der Waals surface area contributed by atoms with Gasteiger partial charge < -0.3 is 0 Å². The third kappa shape index (κ3) is 26.2. The molecule has 9 heavy (non-hydrogen) atoms. The molecule has 0 aliphatic rings. The van der Waals surface area contributed by atoms with E-state index >= 15 is 0 Å². The van der Waals surface area contributed by atoms with Crippen LogP contribution in [0.25, 0.3) is 0 Å². The summed E-state index contributed by atoms with van der Waals surface area (Å²) < 4.78 is 5.03. The van der Waals surface area contributed by atoms with Gasteiger partial charge in [0, 0.05) is 0 Å². The van der Waals surface area contributed by atoms with Gasteiger partial charge in [-0.2, -0.15) is 0 Å². The summed E-state index contributed by atoms with van der Waals surface area (Å²) in [7, 11) is 0. The summed E-state index contributed by atoms with van der Waals surface area (Å²) in [4.78, 5) is 0. The van der Waals surface area contributed by atoms with Crippen molar-refractivity contribution in [2.45, 2.75) is 26.4 Å². The molecule has 0 heterocycles. The quantitative estimate of drug-likeness (QED) is 0.623. The molecule has 0 aromatic carbocycles. The van der Waals surface area contributed by atoms with Gasteiger partial charge in [0.15, 0.2) is 0 Å². The molecule has 0 unspecified atom stereocenters. The average Bonchev–Trinajstić information content (AvgIpc) is 1.35. The molecule has 0 N–H and O–H groups in total. The van der Waals surface area contributed by atoms with Crippen LogP contribution in [0.5, 0.6) is 0 Å². The molecule has 0 amide bonds. The largest absolute Gasteiger partial charge is 0.147 e. The molecular weight excluding hydrogens is 289 g/mol. The molecule has 0 saturated carbocycles. The molecule has 0 atom stereocenters. The molecule has 0 saturated heterocycles. The first kappa shape index (κ1) is 22.4. The van der Waals surface area contributed by atoms with Gasteiger partial charge >= 0.3 is 52.4 Å². The Morgan fingerprint density at radius 2 is 1.11 bits per heavy atom. The Morgan fingerprint density at radius 3 is 1.11 bits per heavy atom. The number of hydrogen-bond acceptors (Lipinski definition) is 1. The van der Waals surface area contributed by atoms with E-state index in [9.17, 15) is 0 Å². The molecule has 1 nitrogen and oxygen atoms in total. The normalized spacial score (nSPS) is 8.00. The minimum absolute atomic E-state index is 0. The van der Waals surface area contributed by atoms with E-state index in [1.54, 1.807) is 0 Å². The molecule has 0 spiro atoms. The van der Waals surface area contributed by atoms with Crippen molar-refractivity contribution in [3.05, 3.63) is 0 Å². The first-order valence-corrected chi connectivity index (χ1v) is 3.07. The molecule has 59 valence electrons. The maximum atomic E-state index is 5.03. The van der Waals surface area contributed by atoms with Crippen LogP contribution in [0.15, 0.2) is 0 Å². The van der Waals surface area contributed by atoms with Gasteiger partial charge in [-0.1, -0.05) is 0 Å². The number of rotatable bonds is 0. The molecule has 0 rings (SSSR count). The van der Waals surface area contributed by atoms with Crippen molar-refractivity contribution in [2.24, 2.45) is 0 Å². The SMILES string of the molecule is CC(C)(C)[O][Sn].Cl.Cl.Cl. The van der Waals surface area contributed by atoms with Crippen LogP contribution in [-0.4, -0.2) is 28.5 Å². The van der Waals surface area contributed by atoms with Crippen molar-refractivity contribution in [2.75, 3.05) is 0 Å². The van der Waals surface area contributed by atoms with Gasteiger partial charge in [0.2, 0.25) is 0 Å². The molecule has 0 fully saturated rings. The summed E-state index contributed by atoms with van der Waals surface area (Å²) in [5, 5.41) is 0. The van der Waals surface area contributed by atoms with Gasteiger partial charge in [-0.25, -0.2) is 0 Å². The second-order valence-corrected chi connectivity index (χ2v) is 2.80. The van der Waals surface area contributed by atoms with E-state index < -0.39 is 0 Å². The zero-order valence-corrected chi connectivity index (χ0v) is 10.9. The fourth-order valence-corrected chi connectivity index (χ4v) is 0. The minimum Gasteiger partial charge on any atom is -0.147 e.